The molecule has 0 atom stereocenters. The Labute approximate surface area is 167 Å². The molecule has 0 rings (SSSR count). The molecule has 0 radical (unpaired) electrons. The monoisotopic (exact) mass is 385 g/mol. The average molecular weight is 386 g/mol. The van der Waals surface area contributed by atoms with Crippen molar-refractivity contribution in [2.45, 2.75) is 104 Å². The van der Waals surface area contributed by atoms with Crippen molar-refractivity contribution in [2.24, 2.45) is 5.92 Å². The van der Waals surface area contributed by atoms with Crippen LogP contribution in [-0.2, 0) is 14.3 Å². The van der Waals surface area contributed by atoms with Crippen LogP contribution < -0.4 is 5.32 Å². The summed E-state index contributed by atoms with van der Waals surface area (Å²) in [4.78, 5) is 22.8. The molecule has 0 aliphatic heterocycles. The molecule has 0 aromatic heterocycles. The Hall–Kier alpha value is -1.26. The third kappa shape index (κ3) is 20.9. The molecular formula is C22H43NO4. The van der Waals surface area contributed by atoms with E-state index in [9.17, 15) is 9.59 Å². The first kappa shape index (κ1) is 25.7. The van der Waals surface area contributed by atoms with Crippen molar-refractivity contribution in [1.82, 2.24) is 5.32 Å². The molecule has 0 bridgehead atoms. The van der Waals surface area contributed by atoms with E-state index in [1.54, 1.807) is 0 Å². The van der Waals surface area contributed by atoms with Gasteiger partial charge in [0.2, 0.25) is 0 Å². The molecule has 160 valence electrons. The Morgan fingerprint density at radius 2 is 1.22 bits per heavy atom. The van der Waals surface area contributed by atoms with Gasteiger partial charge in [0, 0.05) is 0 Å². The first-order valence-electron chi connectivity index (χ1n) is 11.1. The first-order valence-corrected chi connectivity index (χ1v) is 11.1. The minimum absolute atomic E-state index is 0.130. The third-order valence-electron chi connectivity index (χ3n) is 4.44. The normalized spacial score (nSPS) is 10.8. The van der Waals surface area contributed by atoms with Gasteiger partial charge in [-0.3, -0.25) is 4.79 Å². The van der Waals surface area contributed by atoms with E-state index in [0.29, 0.717) is 13.2 Å². The molecule has 0 aliphatic carbocycles. The molecule has 0 aromatic rings. The third-order valence-corrected chi connectivity index (χ3v) is 4.44. The van der Waals surface area contributed by atoms with Crippen molar-refractivity contribution < 1.29 is 19.1 Å². The summed E-state index contributed by atoms with van der Waals surface area (Å²) in [7, 11) is 0. The van der Waals surface area contributed by atoms with Gasteiger partial charge < -0.3 is 14.8 Å². The number of hydrogen-bond donors (Lipinski definition) is 1. The number of ether oxygens (including phenoxy) is 2. The zero-order chi connectivity index (χ0) is 20.2. The van der Waals surface area contributed by atoms with Crippen LogP contribution in [0.2, 0.25) is 0 Å². The van der Waals surface area contributed by atoms with Gasteiger partial charge in [-0.25, -0.2) is 4.79 Å². The van der Waals surface area contributed by atoms with Crippen LogP contribution in [0, 0.1) is 5.92 Å². The van der Waals surface area contributed by atoms with E-state index >= 15 is 0 Å². The van der Waals surface area contributed by atoms with Gasteiger partial charge in [-0.1, -0.05) is 97.8 Å². The second kappa shape index (κ2) is 19.5. The number of esters is 1. The van der Waals surface area contributed by atoms with E-state index < -0.39 is 12.1 Å². The molecule has 1 amide bonds. The zero-order valence-electron chi connectivity index (χ0n) is 18.0. The second-order valence-electron chi connectivity index (χ2n) is 7.81. The number of carbonyl (C=O) groups is 2. The number of carbonyl (C=O) groups excluding carboxylic acids is 2. The van der Waals surface area contributed by atoms with Gasteiger partial charge in [-0.15, -0.1) is 0 Å². The van der Waals surface area contributed by atoms with E-state index in [1.165, 1.54) is 70.6 Å². The Morgan fingerprint density at radius 1 is 0.741 bits per heavy atom. The zero-order valence-corrected chi connectivity index (χ0v) is 18.0. The predicted molar refractivity (Wildman–Crippen MR) is 111 cm³/mol. The summed E-state index contributed by atoms with van der Waals surface area (Å²) in [5, 5.41) is 2.40. The molecular weight excluding hydrogens is 342 g/mol. The molecule has 0 saturated heterocycles. The van der Waals surface area contributed by atoms with E-state index in [2.05, 4.69) is 12.2 Å². The molecule has 5 nitrogen and oxygen atoms in total. The highest BCUT2D eigenvalue weighted by Crippen LogP contribution is 2.12. The molecule has 0 saturated carbocycles. The maximum atomic E-state index is 11.5. The summed E-state index contributed by atoms with van der Waals surface area (Å²) in [6.07, 6.45) is 16.2. The average Bonchev–Trinajstić information content (AvgIpc) is 2.64. The lowest BCUT2D eigenvalue weighted by Crippen LogP contribution is -2.32. The lowest BCUT2D eigenvalue weighted by molar-refractivity contribution is -0.142. The van der Waals surface area contributed by atoms with Crippen LogP contribution in [-0.4, -0.2) is 31.8 Å². The van der Waals surface area contributed by atoms with Gasteiger partial charge >= 0.3 is 12.1 Å². The molecule has 0 aliphatic rings. The number of hydrogen-bond acceptors (Lipinski definition) is 4. The summed E-state index contributed by atoms with van der Waals surface area (Å²) in [5.41, 5.74) is 0. The van der Waals surface area contributed by atoms with Crippen LogP contribution in [0.5, 0.6) is 0 Å². The SMILES string of the molecule is CCCCCCCCCCCCCCCOC(=O)CNC(=O)OCC(C)C. The minimum atomic E-state index is -0.568. The fourth-order valence-electron chi connectivity index (χ4n) is 2.79. The van der Waals surface area contributed by atoms with E-state index in [0.717, 1.165) is 12.8 Å². The van der Waals surface area contributed by atoms with Gasteiger partial charge in [-0.05, 0) is 12.3 Å². The smallest absolute Gasteiger partial charge is 0.407 e. The predicted octanol–water partition coefficient (Wildman–Crippen LogP) is 6.00. The summed E-state index contributed by atoms with van der Waals surface area (Å²) in [5.74, 6) is -0.131. The highest BCUT2D eigenvalue weighted by molar-refractivity contribution is 5.77. The summed E-state index contributed by atoms with van der Waals surface area (Å²) in [6, 6.07) is 0. The van der Waals surface area contributed by atoms with Crippen molar-refractivity contribution in [3.05, 3.63) is 0 Å². The van der Waals surface area contributed by atoms with Crippen LogP contribution in [0.15, 0.2) is 0 Å². The van der Waals surface area contributed by atoms with Gasteiger partial charge in [-0.2, -0.15) is 0 Å². The fourth-order valence-corrected chi connectivity index (χ4v) is 2.79. The molecule has 0 heterocycles. The molecule has 0 spiro atoms. The lowest BCUT2D eigenvalue weighted by atomic mass is 10.0. The van der Waals surface area contributed by atoms with Gasteiger partial charge in [0.1, 0.15) is 6.54 Å². The van der Waals surface area contributed by atoms with Crippen LogP contribution in [0.4, 0.5) is 4.79 Å². The Morgan fingerprint density at radius 3 is 1.70 bits per heavy atom. The number of rotatable bonds is 18. The van der Waals surface area contributed by atoms with Crippen LogP contribution in [0.3, 0.4) is 0 Å². The van der Waals surface area contributed by atoms with E-state index in [4.69, 9.17) is 9.47 Å². The number of nitrogens with one attached hydrogen (secondary N) is 1. The standard InChI is InChI=1S/C22H43NO4/c1-4-5-6-7-8-9-10-11-12-13-14-15-16-17-26-21(24)18-23-22(25)27-19-20(2)3/h20H,4-19H2,1-3H3,(H,23,25). The Bertz CT molecular complexity index is 358. The van der Waals surface area contributed by atoms with E-state index in [-0.39, 0.29) is 12.5 Å². The molecule has 0 unspecified atom stereocenters. The fraction of sp³-hybridized carbons (Fsp3) is 0.909. The molecule has 0 fully saturated rings. The quantitative estimate of drug-likeness (QED) is 0.232. The molecule has 5 heteroatoms. The van der Waals surface area contributed by atoms with Crippen molar-refractivity contribution in [3.63, 3.8) is 0 Å². The molecule has 27 heavy (non-hydrogen) atoms. The van der Waals surface area contributed by atoms with Crippen molar-refractivity contribution >= 4 is 12.1 Å². The second-order valence-corrected chi connectivity index (χ2v) is 7.81. The van der Waals surface area contributed by atoms with Gasteiger partial charge in [0.15, 0.2) is 0 Å². The first-order chi connectivity index (χ1) is 13.1. The van der Waals surface area contributed by atoms with Crippen LogP contribution in [0.1, 0.15) is 104 Å². The summed E-state index contributed by atoms with van der Waals surface area (Å²) < 4.78 is 10.0. The summed E-state index contributed by atoms with van der Waals surface area (Å²) >= 11 is 0. The van der Waals surface area contributed by atoms with E-state index in [1.807, 2.05) is 13.8 Å². The number of alkyl carbamates (subject to hydrolysis) is 1. The Kier molecular flexibility index (Phi) is 18.6. The van der Waals surface area contributed by atoms with Gasteiger partial charge in [0.05, 0.1) is 13.2 Å². The number of unbranched alkanes of at least 4 members (excludes halogenated alkanes) is 12. The van der Waals surface area contributed by atoms with Crippen molar-refractivity contribution in [2.75, 3.05) is 19.8 Å². The van der Waals surface area contributed by atoms with Crippen LogP contribution >= 0.6 is 0 Å². The van der Waals surface area contributed by atoms with Crippen molar-refractivity contribution in [1.29, 1.82) is 0 Å². The minimum Gasteiger partial charge on any atom is -0.464 e. The topological polar surface area (TPSA) is 64.6 Å². The largest absolute Gasteiger partial charge is 0.464 e. The number of amides is 1. The molecule has 1 N–H and O–H groups in total. The Balaban J connectivity index is 3.25. The maximum Gasteiger partial charge on any atom is 0.407 e. The van der Waals surface area contributed by atoms with Crippen molar-refractivity contribution in [3.8, 4) is 0 Å². The maximum absolute atomic E-state index is 11.5. The van der Waals surface area contributed by atoms with Gasteiger partial charge in [0.25, 0.3) is 0 Å². The lowest BCUT2D eigenvalue weighted by Gasteiger charge is -2.09. The van der Waals surface area contributed by atoms with Crippen LogP contribution in [0.25, 0.3) is 0 Å². The molecule has 0 aromatic carbocycles. The highest BCUT2D eigenvalue weighted by Gasteiger charge is 2.07. The highest BCUT2D eigenvalue weighted by atomic mass is 16.6. The summed E-state index contributed by atoms with van der Waals surface area (Å²) in [6.45, 7) is 6.82.